The molecule has 1 aliphatic heterocycles. The van der Waals surface area contributed by atoms with E-state index in [0.717, 1.165) is 4.31 Å². The summed E-state index contributed by atoms with van der Waals surface area (Å²) in [5.41, 5.74) is -0.556. The van der Waals surface area contributed by atoms with E-state index in [-0.39, 0.29) is 35.5 Å². The molecule has 1 heterocycles. The minimum atomic E-state index is -3.80. The highest BCUT2D eigenvalue weighted by molar-refractivity contribution is 7.89. The maximum Gasteiger partial charge on any atom is 0.310 e. The van der Waals surface area contributed by atoms with Gasteiger partial charge in [0.05, 0.1) is 10.3 Å². The number of hydrogen-bond acceptors (Lipinski definition) is 3. The van der Waals surface area contributed by atoms with Crippen molar-refractivity contribution >= 4 is 16.0 Å². The molecule has 0 saturated carbocycles. The fourth-order valence-corrected chi connectivity index (χ4v) is 4.24. The summed E-state index contributed by atoms with van der Waals surface area (Å²) in [5, 5.41) is 9.18. The molecule has 1 aliphatic rings. The lowest BCUT2D eigenvalue weighted by Gasteiger charge is -2.20. The van der Waals surface area contributed by atoms with Crippen LogP contribution in [0, 0.1) is 25.1 Å². The largest absolute Gasteiger partial charge is 0.481 e. The fourth-order valence-electron chi connectivity index (χ4n) is 2.50. The molecule has 1 aromatic rings. The lowest BCUT2D eigenvalue weighted by atomic mass is 9.90. The molecule has 21 heavy (non-hydrogen) atoms. The van der Waals surface area contributed by atoms with Gasteiger partial charge < -0.3 is 5.11 Å². The molecule has 0 radical (unpaired) electrons. The minimum Gasteiger partial charge on any atom is -0.481 e. The number of aliphatic carboxylic acids is 1. The second kappa shape index (κ2) is 5.06. The monoisotopic (exact) mass is 315 g/mol. The predicted molar refractivity (Wildman–Crippen MR) is 75.0 cm³/mol. The maximum atomic E-state index is 13.6. The van der Waals surface area contributed by atoms with Gasteiger partial charge in [0.1, 0.15) is 5.82 Å². The van der Waals surface area contributed by atoms with E-state index in [1.54, 1.807) is 0 Å². The molecule has 1 saturated heterocycles. The zero-order chi connectivity index (χ0) is 16.0. The summed E-state index contributed by atoms with van der Waals surface area (Å²) in [6, 6.07) is 2.57. The van der Waals surface area contributed by atoms with Gasteiger partial charge in [0.2, 0.25) is 10.0 Å². The summed E-state index contributed by atoms with van der Waals surface area (Å²) in [6.45, 7) is 4.63. The van der Waals surface area contributed by atoms with E-state index < -0.39 is 27.2 Å². The highest BCUT2D eigenvalue weighted by Crippen LogP contribution is 2.34. The summed E-state index contributed by atoms with van der Waals surface area (Å²) in [5.74, 6) is -1.43. The molecular weight excluding hydrogens is 297 g/mol. The highest BCUT2D eigenvalue weighted by Gasteiger charge is 2.45. The van der Waals surface area contributed by atoms with Crippen LogP contribution in [-0.2, 0) is 14.8 Å². The molecule has 1 N–H and O–H groups in total. The Labute approximate surface area is 123 Å². The molecule has 1 aromatic carbocycles. The molecule has 1 unspecified atom stereocenters. The molecule has 2 rings (SSSR count). The molecule has 0 aromatic heterocycles. The highest BCUT2D eigenvalue weighted by atomic mass is 32.2. The Morgan fingerprint density at radius 3 is 2.29 bits per heavy atom. The molecule has 5 nitrogen and oxygen atoms in total. The fraction of sp³-hybridized carbons (Fsp3) is 0.500. The lowest BCUT2D eigenvalue weighted by Crippen LogP contribution is -2.35. The van der Waals surface area contributed by atoms with Crippen molar-refractivity contribution in [3.8, 4) is 0 Å². The smallest absolute Gasteiger partial charge is 0.310 e. The van der Waals surface area contributed by atoms with Gasteiger partial charge in [0.25, 0.3) is 0 Å². The van der Waals surface area contributed by atoms with Gasteiger partial charge in [-0.05, 0) is 50.5 Å². The van der Waals surface area contributed by atoms with E-state index in [9.17, 15) is 22.7 Å². The first-order chi connectivity index (χ1) is 9.58. The van der Waals surface area contributed by atoms with Gasteiger partial charge in [0, 0.05) is 13.1 Å². The van der Waals surface area contributed by atoms with Crippen LogP contribution >= 0.6 is 0 Å². The first-order valence-electron chi connectivity index (χ1n) is 6.58. The van der Waals surface area contributed by atoms with Gasteiger partial charge >= 0.3 is 5.97 Å². The van der Waals surface area contributed by atoms with Crippen LogP contribution < -0.4 is 0 Å². The molecule has 1 atom stereocenters. The van der Waals surface area contributed by atoms with E-state index >= 15 is 0 Å². The zero-order valence-electron chi connectivity index (χ0n) is 12.2. The van der Waals surface area contributed by atoms with Gasteiger partial charge in [-0.1, -0.05) is 0 Å². The number of halogens is 1. The lowest BCUT2D eigenvalue weighted by molar-refractivity contribution is -0.146. The Kier molecular flexibility index (Phi) is 3.84. The van der Waals surface area contributed by atoms with Crippen LogP contribution in [0.2, 0.25) is 0 Å². The Balaban J connectivity index is 2.39. The minimum absolute atomic E-state index is 0.00791. The van der Waals surface area contributed by atoms with Crippen molar-refractivity contribution in [3.63, 3.8) is 0 Å². The number of rotatable bonds is 3. The third kappa shape index (κ3) is 2.67. The molecule has 7 heteroatoms. The number of hydrogen-bond donors (Lipinski definition) is 1. The van der Waals surface area contributed by atoms with Crippen molar-refractivity contribution < 1.29 is 22.7 Å². The number of carbonyl (C=O) groups is 1. The van der Waals surface area contributed by atoms with Crippen molar-refractivity contribution in [1.82, 2.24) is 4.31 Å². The van der Waals surface area contributed by atoms with Gasteiger partial charge in [-0.25, -0.2) is 12.8 Å². The van der Waals surface area contributed by atoms with Crippen LogP contribution in [0.3, 0.4) is 0 Å². The van der Waals surface area contributed by atoms with Gasteiger partial charge in [-0.3, -0.25) is 4.79 Å². The van der Waals surface area contributed by atoms with Crippen molar-refractivity contribution in [2.75, 3.05) is 13.1 Å². The standard InChI is InChI=1S/C14H18FNO4S/c1-9-6-11(7-10(2)12(9)15)21(19,20)16-5-4-14(3,8-16)13(17)18/h6-7H,4-5,8H2,1-3H3,(H,17,18). The third-order valence-corrected chi connectivity index (χ3v) is 5.83. The maximum absolute atomic E-state index is 13.6. The normalized spacial score (nSPS) is 23.4. The van der Waals surface area contributed by atoms with Crippen molar-refractivity contribution in [1.29, 1.82) is 0 Å². The van der Waals surface area contributed by atoms with Crippen LogP contribution in [0.25, 0.3) is 0 Å². The molecular formula is C14H18FNO4S. The summed E-state index contributed by atoms with van der Waals surface area (Å²) in [4.78, 5) is 11.2. The summed E-state index contributed by atoms with van der Waals surface area (Å²) in [7, 11) is -3.80. The summed E-state index contributed by atoms with van der Waals surface area (Å²) < 4.78 is 39.9. The quantitative estimate of drug-likeness (QED) is 0.925. The topological polar surface area (TPSA) is 74.7 Å². The van der Waals surface area contributed by atoms with Crippen molar-refractivity contribution in [2.45, 2.75) is 32.1 Å². The number of sulfonamides is 1. The van der Waals surface area contributed by atoms with E-state index in [1.807, 2.05) is 0 Å². The first-order valence-corrected chi connectivity index (χ1v) is 8.02. The SMILES string of the molecule is Cc1cc(S(=O)(=O)N2CCC(C)(C(=O)O)C2)cc(C)c1F. The van der Waals surface area contributed by atoms with Crippen LogP contribution in [0.5, 0.6) is 0 Å². The number of benzene rings is 1. The first kappa shape index (κ1) is 15.9. The van der Waals surface area contributed by atoms with Gasteiger partial charge in [-0.2, -0.15) is 4.31 Å². The number of carboxylic acids is 1. The molecule has 0 aliphatic carbocycles. The second-order valence-corrected chi connectivity index (χ2v) is 7.76. The van der Waals surface area contributed by atoms with Crippen LogP contribution in [0.1, 0.15) is 24.5 Å². The van der Waals surface area contributed by atoms with Crippen LogP contribution in [0.15, 0.2) is 17.0 Å². The molecule has 0 amide bonds. The average Bonchev–Trinajstić information content (AvgIpc) is 2.80. The molecule has 0 bridgehead atoms. The summed E-state index contributed by atoms with van der Waals surface area (Å²) in [6.07, 6.45) is 0.265. The van der Waals surface area contributed by atoms with Crippen LogP contribution in [-0.4, -0.2) is 36.9 Å². The molecule has 1 fully saturated rings. The summed E-state index contributed by atoms with van der Waals surface area (Å²) >= 11 is 0. The van der Waals surface area contributed by atoms with Crippen molar-refractivity contribution in [2.24, 2.45) is 5.41 Å². The second-order valence-electron chi connectivity index (χ2n) is 5.83. The molecule has 0 spiro atoms. The van der Waals surface area contributed by atoms with Gasteiger partial charge in [0.15, 0.2) is 0 Å². The Morgan fingerprint density at radius 2 is 1.86 bits per heavy atom. The average molecular weight is 315 g/mol. The molecule has 116 valence electrons. The van der Waals surface area contributed by atoms with E-state index in [2.05, 4.69) is 0 Å². The number of aryl methyl sites for hydroxylation is 2. The van der Waals surface area contributed by atoms with Gasteiger partial charge in [-0.15, -0.1) is 0 Å². The number of carboxylic acid groups (broad SMARTS) is 1. The van der Waals surface area contributed by atoms with Crippen molar-refractivity contribution in [3.05, 3.63) is 29.1 Å². The Bertz CT molecular complexity index is 678. The number of nitrogens with zero attached hydrogens (tertiary/aromatic N) is 1. The Morgan fingerprint density at radius 1 is 1.33 bits per heavy atom. The zero-order valence-corrected chi connectivity index (χ0v) is 13.0. The Hall–Kier alpha value is -1.47. The van der Waals surface area contributed by atoms with E-state index in [1.165, 1.54) is 32.9 Å². The van der Waals surface area contributed by atoms with E-state index in [4.69, 9.17) is 0 Å². The van der Waals surface area contributed by atoms with Crippen LogP contribution in [0.4, 0.5) is 4.39 Å². The van der Waals surface area contributed by atoms with E-state index in [0.29, 0.717) is 0 Å². The predicted octanol–water partition coefficient (Wildman–Crippen LogP) is 1.93. The third-order valence-electron chi connectivity index (χ3n) is 4.00.